The zero-order valence-electron chi connectivity index (χ0n) is 11.0. The summed E-state index contributed by atoms with van der Waals surface area (Å²) in [5, 5.41) is 10.8. The summed E-state index contributed by atoms with van der Waals surface area (Å²) in [6.45, 7) is 0.662. The summed E-state index contributed by atoms with van der Waals surface area (Å²) in [5.74, 6) is 0.231. The minimum absolute atomic E-state index is 0.0548. The molecule has 0 N–H and O–H groups in total. The van der Waals surface area contributed by atoms with Gasteiger partial charge < -0.3 is 4.90 Å². The summed E-state index contributed by atoms with van der Waals surface area (Å²) in [7, 11) is 1.92. The highest BCUT2D eigenvalue weighted by Gasteiger charge is 2.13. The molecule has 0 unspecified atom stereocenters. The van der Waals surface area contributed by atoms with Crippen LogP contribution in [0.25, 0.3) is 0 Å². The van der Waals surface area contributed by atoms with Gasteiger partial charge in [0.1, 0.15) is 0 Å². The predicted molar refractivity (Wildman–Crippen MR) is 79.0 cm³/mol. The summed E-state index contributed by atoms with van der Waals surface area (Å²) >= 11 is 5.89. The van der Waals surface area contributed by atoms with Gasteiger partial charge in [-0.15, -0.1) is 11.6 Å². The summed E-state index contributed by atoms with van der Waals surface area (Å²) in [6, 6.07) is 8.59. The van der Waals surface area contributed by atoms with Gasteiger partial charge in [0.25, 0.3) is 5.69 Å². The summed E-state index contributed by atoms with van der Waals surface area (Å²) in [4.78, 5) is 16.4. The number of nitro groups is 1. The molecular weight excluding hydrogens is 278 g/mol. The molecule has 2 rings (SSSR count). The van der Waals surface area contributed by atoms with Crippen molar-refractivity contribution in [2.45, 2.75) is 12.4 Å². The molecule has 2 aromatic rings. The van der Waals surface area contributed by atoms with Crippen LogP contribution in [0.5, 0.6) is 0 Å². The predicted octanol–water partition coefficient (Wildman–Crippen LogP) is 3.37. The van der Waals surface area contributed by atoms with Gasteiger partial charge in [0.05, 0.1) is 4.92 Å². The van der Waals surface area contributed by atoms with Gasteiger partial charge in [-0.2, -0.15) is 0 Å². The van der Waals surface area contributed by atoms with Crippen molar-refractivity contribution in [3.8, 4) is 0 Å². The van der Waals surface area contributed by atoms with Crippen molar-refractivity contribution in [2.24, 2.45) is 0 Å². The molecule has 1 aromatic carbocycles. The first-order chi connectivity index (χ1) is 9.61. The normalized spacial score (nSPS) is 10.3. The van der Waals surface area contributed by atoms with E-state index in [0.29, 0.717) is 6.54 Å². The minimum Gasteiger partial charge on any atom is -0.370 e. The second-order valence-corrected chi connectivity index (χ2v) is 4.69. The molecule has 0 aliphatic heterocycles. The number of hydrogen-bond acceptors (Lipinski definition) is 4. The Kier molecular flexibility index (Phi) is 4.53. The molecule has 0 bridgehead atoms. The first kappa shape index (κ1) is 14.3. The second-order valence-electron chi connectivity index (χ2n) is 4.42. The van der Waals surface area contributed by atoms with Crippen molar-refractivity contribution in [1.29, 1.82) is 0 Å². The molecule has 6 heteroatoms. The van der Waals surface area contributed by atoms with Gasteiger partial charge in [-0.05, 0) is 23.3 Å². The lowest BCUT2D eigenvalue weighted by atomic mass is 10.1. The maximum absolute atomic E-state index is 10.8. The summed E-state index contributed by atoms with van der Waals surface area (Å²) in [6.07, 6.45) is 3.52. The number of halogens is 1. The first-order valence-corrected chi connectivity index (χ1v) is 6.58. The average molecular weight is 292 g/mol. The fourth-order valence-corrected chi connectivity index (χ4v) is 2.23. The van der Waals surface area contributed by atoms with Crippen molar-refractivity contribution < 1.29 is 4.92 Å². The van der Waals surface area contributed by atoms with E-state index >= 15 is 0 Å². The van der Waals surface area contributed by atoms with E-state index in [1.54, 1.807) is 18.5 Å². The Morgan fingerprint density at radius 3 is 2.80 bits per heavy atom. The minimum atomic E-state index is -0.416. The van der Waals surface area contributed by atoms with Crippen molar-refractivity contribution >= 4 is 23.0 Å². The molecule has 5 nitrogen and oxygen atoms in total. The number of rotatable bonds is 5. The number of alkyl halides is 1. The molecule has 0 fully saturated rings. The van der Waals surface area contributed by atoms with E-state index in [1.165, 1.54) is 12.1 Å². The molecule has 0 saturated carbocycles. The van der Waals surface area contributed by atoms with Crippen LogP contribution in [0.3, 0.4) is 0 Å². The van der Waals surface area contributed by atoms with E-state index in [4.69, 9.17) is 11.6 Å². The molecule has 0 aliphatic rings. The largest absolute Gasteiger partial charge is 0.370 e. The molecule has 0 radical (unpaired) electrons. The topological polar surface area (TPSA) is 59.3 Å². The quantitative estimate of drug-likeness (QED) is 0.481. The van der Waals surface area contributed by atoms with Crippen LogP contribution in [-0.2, 0) is 12.4 Å². The van der Waals surface area contributed by atoms with Crippen LogP contribution in [0, 0.1) is 10.1 Å². The van der Waals surface area contributed by atoms with Crippen molar-refractivity contribution in [2.75, 3.05) is 11.9 Å². The lowest BCUT2D eigenvalue weighted by molar-refractivity contribution is -0.384. The third kappa shape index (κ3) is 3.24. The molecule has 0 amide bonds. The molecule has 0 spiro atoms. The van der Waals surface area contributed by atoms with Crippen molar-refractivity contribution in [3.05, 3.63) is 64.0 Å². The molecule has 0 saturated heterocycles. The van der Waals surface area contributed by atoms with Crippen LogP contribution in [0.2, 0.25) is 0 Å². The van der Waals surface area contributed by atoms with E-state index < -0.39 is 4.92 Å². The molecule has 1 aromatic heterocycles. The molecule has 0 aliphatic carbocycles. The number of pyridine rings is 1. The highest BCUT2D eigenvalue weighted by molar-refractivity contribution is 6.17. The Morgan fingerprint density at radius 1 is 1.40 bits per heavy atom. The van der Waals surface area contributed by atoms with Gasteiger partial charge in [-0.25, -0.2) is 0 Å². The van der Waals surface area contributed by atoms with E-state index in [1.807, 2.05) is 24.1 Å². The van der Waals surface area contributed by atoms with E-state index in [2.05, 4.69) is 4.98 Å². The standard InChI is InChI=1S/C14H14ClN3O2/c1-17(10-11-3-2-6-16-9-11)14-5-4-13(18(19)20)7-12(14)8-15/h2-7,9H,8,10H2,1H3. The molecule has 1 heterocycles. The van der Waals surface area contributed by atoms with Gasteiger partial charge >= 0.3 is 0 Å². The number of anilines is 1. The molecule has 20 heavy (non-hydrogen) atoms. The number of benzene rings is 1. The Balaban J connectivity index is 2.25. The van der Waals surface area contributed by atoms with Crippen LogP contribution >= 0.6 is 11.6 Å². The Morgan fingerprint density at radius 2 is 2.20 bits per heavy atom. The number of non-ortho nitro benzene ring substituents is 1. The molecule has 0 atom stereocenters. The van der Waals surface area contributed by atoms with Gasteiger partial charge in [0, 0.05) is 49.7 Å². The third-order valence-corrected chi connectivity index (χ3v) is 3.26. The summed E-state index contributed by atoms with van der Waals surface area (Å²) in [5.41, 5.74) is 2.75. The number of nitrogens with zero attached hydrogens (tertiary/aromatic N) is 3. The van der Waals surface area contributed by atoms with Gasteiger partial charge in [0.2, 0.25) is 0 Å². The highest BCUT2D eigenvalue weighted by Crippen LogP contribution is 2.27. The average Bonchev–Trinajstić information content (AvgIpc) is 2.47. The monoisotopic (exact) mass is 291 g/mol. The van der Waals surface area contributed by atoms with Gasteiger partial charge in [0.15, 0.2) is 0 Å². The molecular formula is C14H14ClN3O2. The number of nitro benzene ring substituents is 1. The fraction of sp³-hybridized carbons (Fsp3) is 0.214. The van der Waals surface area contributed by atoms with E-state index in [-0.39, 0.29) is 11.6 Å². The highest BCUT2D eigenvalue weighted by atomic mass is 35.5. The second kappa shape index (κ2) is 6.34. The fourth-order valence-electron chi connectivity index (χ4n) is 2.02. The number of hydrogen-bond donors (Lipinski definition) is 0. The Hall–Kier alpha value is -2.14. The lowest BCUT2D eigenvalue weighted by Gasteiger charge is -2.21. The summed E-state index contributed by atoms with van der Waals surface area (Å²) < 4.78 is 0. The van der Waals surface area contributed by atoms with Crippen LogP contribution in [0.1, 0.15) is 11.1 Å². The number of aromatic nitrogens is 1. The van der Waals surface area contributed by atoms with Crippen molar-refractivity contribution in [3.63, 3.8) is 0 Å². The van der Waals surface area contributed by atoms with Crippen LogP contribution in [-0.4, -0.2) is 17.0 Å². The maximum Gasteiger partial charge on any atom is 0.269 e. The zero-order chi connectivity index (χ0) is 14.5. The Bertz CT molecular complexity index is 605. The third-order valence-electron chi connectivity index (χ3n) is 2.97. The molecule has 104 valence electrons. The lowest BCUT2D eigenvalue weighted by Crippen LogP contribution is -2.18. The van der Waals surface area contributed by atoms with Crippen LogP contribution < -0.4 is 4.90 Å². The smallest absolute Gasteiger partial charge is 0.269 e. The van der Waals surface area contributed by atoms with Gasteiger partial charge in [-0.1, -0.05) is 6.07 Å². The first-order valence-electron chi connectivity index (χ1n) is 6.05. The van der Waals surface area contributed by atoms with Crippen LogP contribution in [0.15, 0.2) is 42.7 Å². The SMILES string of the molecule is CN(Cc1cccnc1)c1ccc([N+](=O)[O-])cc1CCl. The Labute approximate surface area is 122 Å². The van der Waals surface area contributed by atoms with E-state index in [0.717, 1.165) is 16.8 Å². The zero-order valence-corrected chi connectivity index (χ0v) is 11.7. The van der Waals surface area contributed by atoms with Crippen molar-refractivity contribution in [1.82, 2.24) is 4.98 Å². The van der Waals surface area contributed by atoms with Gasteiger partial charge in [-0.3, -0.25) is 15.1 Å². The van der Waals surface area contributed by atoms with Crippen LogP contribution in [0.4, 0.5) is 11.4 Å². The van der Waals surface area contributed by atoms with E-state index in [9.17, 15) is 10.1 Å². The maximum atomic E-state index is 10.8.